The van der Waals surface area contributed by atoms with Crippen molar-refractivity contribution in [2.75, 3.05) is 0 Å². The number of hydrogen-bond donors (Lipinski definition) is 2. The van der Waals surface area contributed by atoms with Crippen LogP contribution < -0.4 is 10.1 Å². The van der Waals surface area contributed by atoms with E-state index < -0.39 is 24.7 Å². The first-order chi connectivity index (χ1) is 16.4. The molecule has 0 aliphatic heterocycles. The summed E-state index contributed by atoms with van der Waals surface area (Å²) in [6.07, 6.45) is -3.27. The Labute approximate surface area is 203 Å². The van der Waals surface area contributed by atoms with E-state index in [-0.39, 0.29) is 42.4 Å². The number of carboxylic acid groups (broad SMARTS) is 1. The fraction of sp³-hybridized carbons (Fsp3) is 0.593. The summed E-state index contributed by atoms with van der Waals surface area (Å²) in [4.78, 5) is 11.4. The molecule has 4 nitrogen and oxygen atoms in total. The van der Waals surface area contributed by atoms with Crippen molar-refractivity contribution < 1.29 is 32.2 Å². The Kier molecular flexibility index (Phi) is 7.06. The lowest BCUT2D eigenvalue weighted by Gasteiger charge is -2.51. The molecule has 2 aromatic rings. The minimum atomic E-state index is -4.17. The van der Waals surface area contributed by atoms with Crippen LogP contribution in [0.5, 0.6) is 5.75 Å². The van der Waals surface area contributed by atoms with Gasteiger partial charge in [-0.1, -0.05) is 32.0 Å². The normalized spacial score (nSPS) is 27.3. The van der Waals surface area contributed by atoms with Gasteiger partial charge in [0.2, 0.25) is 0 Å². The standard InChI is InChI=1S/C27H33F4NO3/c1-15(32-24-13-22(25(33)34)26(24,2)3)16-4-10-20-17(12-16)5-11-23(21(20)14-28)35-19-8-6-18(7-9-19)27(29,30)31/h4-5,10-12,15,18-19,22,24,32H,6-9,13-14H2,1-3H3,(H,33,34). The highest BCUT2D eigenvalue weighted by atomic mass is 19.4. The maximum Gasteiger partial charge on any atom is 0.391 e. The van der Waals surface area contributed by atoms with E-state index in [9.17, 15) is 27.5 Å². The van der Waals surface area contributed by atoms with Crippen molar-refractivity contribution in [1.82, 2.24) is 5.32 Å². The van der Waals surface area contributed by atoms with Gasteiger partial charge in [-0.2, -0.15) is 13.2 Å². The molecule has 0 amide bonds. The molecule has 0 aromatic heterocycles. The van der Waals surface area contributed by atoms with Crippen molar-refractivity contribution in [3.8, 4) is 5.75 Å². The molecule has 2 aromatic carbocycles. The Morgan fingerprint density at radius 2 is 1.86 bits per heavy atom. The third-order valence-electron chi connectivity index (χ3n) is 8.19. The lowest BCUT2D eigenvalue weighted by atomic mass is 9.58. The van der Waals surface area contributed by atoms with Crippen LogP contribution in [0.15, 0.2) is 30.3 Å². The molecule has 0 radical (unpaired) electrons. The number of rotatable bonds is 7. The van der Waals surface area contributed by atoms with Gasteiger partial charge in [0.1, 0.15) is 12.4 Å². The highest BCUT2D eigenvalue weighted by Crippen LogP contribution is 2.47. The molecule has 2 aliphatic carbocycles. The summed E-state index contributed by atoms with van der Waals surface area (Å²) in [5.41, 5.74) is 1.08. The molecule has 2 N–H and O–H groups in total. The van der Waals surface area contributed by atoms with Gasteiger partial charge in [-0.15, -0.1) is 0 Å². The van der Waals surface area contributed by atoms with Gasteiger partial charge in [-0.25, -0.2) is 4.39 Å². The largest absolute Gasteiger partial charge is 0.490 e. The SMILES string of the molecule is CC(NC1CC(C(=O)O)C1(C)C)c1ccc2c(CF)c(OC3CCC(C(F)(F)F)CC3)ccc2c1. The molecule has 3 atom stereocenters. The summed E-state index contributed by atoms with van der Waals surface area (Å²) in [5.74, 6) is -2.02. The first-order valence-corrected chi connectivity index (χ1v) is 12.3. The van der Waals surface area contributed by atoms with E-state index in [1.54, 1.807) is 6.07 Å². The van der Waals surface area contributed by atoms with Crippen molar-refractivity contribution in [3.05, 3.63) is 41.5 Å². The molecule has 192 valence electrons. The van der Waals surface area contributed by atoms with Crippen LogP contribution in [0, 0.1) is 17.3 Å². The van der Waals surface area contributed by atoms with Crippen molar-refractivity contribution in [3.63, 3.8) is 0 Å². The van der Waals surface area contributed by atoms with Gasteiger partial charge >= 0.3 is 12.1 Å². The third-order valence-corrected chi connectivity index (χ3v) is 8.19. The number of hydrogen-bond acceptors (Lipinski definition) is 3. The van der Waals surface area contributed by atoms with Crippen LogP contribution in [-0.4, -0.2) is 29.4 Å². The zero-order chi connectivity index (χ0) is 25.5. The quantitative estimate of drug-likeness (QED) is 0.408. The summed E-state index contributed by atoms with van der Waals surface area (Å²) in [6.45, 7) is 5.22. The number of nitrogens with one attached hydrogen (secondary N) is 1. The van der Waals surface area contributed by atoms with E-state index >= 15 is 0 Å². The molecule has 35 heavy (non-hydrogen) atoms. The first kappa shape index (κ1) is 25.7. The lowest BCUT2D eigenvalue weighted by Crippen LogP contribution is -2.59. The second-order valence-electron chi connectivity index (χ2n) is 10.7. The number of carbonyl (C=O) groups is 1. The molecule has 2 aliphatic rings. The number of aliphatic carboxylic acids is 1. The van der Waals surface area contributed by atoms with Crippen molar-refractivity contribution in [2.45, 2.75) is 83.9 Å². The summed E-state index contributed by atoms with van der Waals surface area (Å²) in [5, 5.41) is 14.5. The summed E-state index contributed by atoms with van der Waals surface area (Å²) in [6, 6.07) is 9.40. The summed E-state index contributed by atoms with van der Waals surface area (Å²) >= 11 is 0. The number of ether oxygens (including phenoxy) is 1. The van der Waals surface area contributed by atoms with E-state index in [0.717, 1.165) is 16.3 Å². The zero-order valence-electron chi connectivity index (χ0n) is 20.3. The zero-order valence-corrected chi connectivity index (χ0v) is 20.3. The van der Waals surface area contributed by atoms with Gasteiger partial charge in [0.25, 0.3) is 0 Å². The Balaban J connectivity index is 1.46. The van der Waals surface area contributed by atoms with E-state index in [4.69, 9.17) is 4.74 Å². The average molecular weight is 496 g/mol. The number of benzene rings is 2. The molecule has 4 rings (SSSR count). The fourth-order valence-corrected chi connectivity index (χ4v) is 5.62. The van der Waals surface area contributed by atoms with Crippen LogP contribution in [0.3, 0.4) is 0 Å². The molecular formula is C27H33F4NO3. The molecule has 2 saturated carbocycles. The van der Waals surface area contributed by atoms with Gasteiger partial charge in [-0.05, 0) is 72.9 Å². The molecule has 0 spiro atoms. The lowest BCUT2D eigenvalue weighted by molar-refractivity contribution is -0.185. The minimum absolute atomic E-state index is 0.0213. The predicted molar refractivity (Wildman–Crippen MR) is 126 cm³/mol. The van der Waals surface area contributed by atoms with Crippen LogP contribution in [-0.2, 0) is 11.5 Å². The Morgan fingerprint density at radius 3 is 2.43 bits per heavy atom. The highest BCUT2D eigenvalue weighted by molar-refractivity contribution is 5.88. The van der Waals surface area contributed by atoms with Crippen molar-refractivity contribution >= 4 is 16.7 Å². The second kappa shape index (κ2) is 9.60. The van der Waals surface area contributed by atoms with Crippen LogP contribution in [0.2, 0.25) is 0 Å². The smallest absolute Gasteiger partial charge is 0.391 e. The molecule has 0 saturated heterocycles. The average Bonchev–Trinajstić information content (AvgIpc) is 2.80. The molecule has 2 fully saturated rings. The number of carboxylic acids is 1. The van der Waals surface area contributed by atoms with Crippen LogP contribution in [0.25, 0.3) is 10.8 Å². The number of alkyl halides is 4. The van der Waals surface area contributed by atoms with Gasteiger partial charge in [0.15, 0.2) is 0 Å². The summed E-state index contributed by atoms with van der Waals surface area (Å²) < 4.78 is 58.9. The van der Waals surface area contributed by atoms with Crippen LogP contribution in [0.1, 0.15) is 70.0 Å². The van der Waals surface area contributed by atoms with E-state index in [1.165, 1.54) is 0 Å². The minimum Gasteiger partial charge on any atom is -0.490 e. The second-order valence-corrected chi connectivity index (χ2v) is 10.7. The first-order valence-electron chi connectivity index (χ1n) is 12.3. The van der Waals surface area contributed by atoms with Crippen molar-refractivity contribution in [1.29, 1.82) is 0 Å². The van der Waals surface area contributed by atoms with Crippen molar-refractivity contribution in [2.24, 2.45) is 17.3 Å². The van der Waals surface area contributed by atoms with Gasteiger partial charge < -0.3 is 15.2 Å². The molecule has 0 heterocycles. The molecule has 3 unspecified atom stereocenters. The topological polar surface area (TPSA) is 58.6 Å². The Hall–Kier alpha value is -2.35. The molecule has 8 heteroatoms. The Bertz CT molecular complexity index is 1080. The van der Waals surface area contributed by atoms with E-state index in [0.29, 0.717) is 30.6 Å². The van der Waals surface area contributed by atoms with E-state index in [2.05, 4.69) is 5.32 Å². The number of halogens is 4. The van der Waals surface area contributed by atoms with Gasteiger partial charge in [0.05, 0.1) is 17.9 Å². The van der Waals surface area contributed by atoms with Gasteiger partial charge in [0, 0.05) is 17.6 Å². The predicted octanol–water partition coefficient (Wildman–Crippen LogP) is 6.96. The Morgan fingerprint density at radius 1 is 1.17 bits per heavy atom. The maximum atomic E-state index is 14.1. The molecule has 0 bridgehead atoms. The van der Waals surface area contributed by atoms with Crippen LogP contribution >= 0.6 is 0 Å². The monoisotopic (exact) mass is 495 g/mol. The number of fused-ring (bicyclic) bond motifs is 1. The summed E-state index contributed by atoms with van der Waals surface area (Å²) in [7, 11) is 0. The van der Waals surface area contributed by atoms with Gasteiger partial charge in [-0.3, -0.25) is 4.79 Å². The maximum absolute atomic E-state index is 14.1. The molecular weight excluding hydrogens is 462 g/mol. The third kappa shape index (κ3) is 5.13. The highest BCUT2D eigenvalue weighted by Gasteiger charge is 2.52. The fourth-order valence-electron chi connectivity index (χ4n) is 5.62. The van der Waals surface area contributed by atoms with E-state index in [1.807, 2.05) is 45.0 Å². The van der Waals surface area contributed by atoms with Crippen LogP contribution in [0.4, 0.5) is 17.6 Å².